The Morgan fingerprint density at radius 1 is 0.933 bits per heavy atom. The number of halogens is 1. The Hall–Kier alpha value is -3.09. The molecule has 0 saturated carbocycles. The number of anilines is 2. The predicted molar refractivity (Wildman–Crippen MR) is 121 cm³/mol. The molecule has 4 rings (SSSR count). The highest BCUT2D eigenvalue weighted by Crippen LogP contribution is 2.42. The molecule has 3 aromatic rings. The maximum absolute atomic E-state index is 13.4. The van der Waals surface area contributed by atoms with Crippen LogP contribution in [0.25, 0.3) is 5.57 Å². The molecule has 1 N–H and O–H groups in total. The molecule has 0 atom stereocenters. The second kappa shape index (κ2) is 7.63. The molecule has 0 spiro atoms. The van der Waals surface area contributed by atoms with Gasteiger partial charge in [0, 0.05) is 28.9 Å². The number of carbonyl (C=O) groups is 1. The van der Waals surface area contributed by atoms with Gasteiger partial charge in [-0.15, -0.1) is 0 Å². The Morgan fingerprint density at radius 2 is 1.60 bits per heavy atom. The third kappa shape index (κ3) is 3.28. The number of hydrogen-bond acceptors (Lipinski definition) is 3. The zero-order chi connectivity index (χ0) is 21.5. The van der Waals surface area contributed by atoms with Gasteiger partial charge in [0.25, 0.3) is 15.9 Å². The summed E-state index contributed by atoms with van der Waals surface area (Å²) in [5.74, 6) is -0.708. The van der Waals surface area contributed by atoms with Gasteiger partial charge in [0.05, 0.1) is 5.69 Å². The molecule has 0 saturated heterocycles. The van der Waals surface area contributed by atoms with Crippen LogP contribution in [-0.2, 0) is 14.8 Å². The number of amides is 1. The van der Waals surface area contributed by atoms with Crippen LogP contribution in [-0.4, -0.2) is 21.4 Å². The SMILES string of the molecule is Cc1c(Cl)cccc1NC(=O)C1=C(c2ccccc2)c2ccccc2N(C)S1(=O)=O. The molecule has 0 unspecified atom stereocenters. The fraction of sp³-hybridized carbons (Fsp3) is 0.0870. The minimum Gasteiger partial charge on any atom is -0.321 e. The van der Waals surface area contributed by atoms with Crippen LogP contribution in [0.15, 0.2) is 77.7 Å². The van der Waals surface area contributed by atoms with Crippen molar-refractivity contribution in [3.63, 3.8) is 0 Å². The summed E-state index contributed by atoms with van der Waals surface area (Å²) in [6.45, 7) is 1.77. The molecular weight excluding hydrogens is 420 g/mol. The van der Waals surface area contributed by atoms with Crippen LogP contribution < -0.4 is 9.62 Å². The molecule has 7 heteroatoms. The lowest BCUT2D eigenvalue weighted by Crippen LogP contribution is -2.37. The van der Waals surface area contributed by atoms with Gasteiger partial charge in [0.1, 0.15) is 0 Å². The predicted octanol–water partition coefficient (Wildman–Crippen LogP) is 4.83. The van der Waals surface area contributed by atoms with Gasteiger partial charge < -0.3 is 5.32 Å². The highest BCUT2D eigenvalue weighted by atomic mass is 35.5. The average Bonchev–Trinajstić information content (AvgIpc) is 2.74. The molecule has 0 bridgehead atoms. The van der Waals surface area contributed by atoms with E-state index in [1.165, 1.54) is 7.05 Å². The van der Waals surface area contributed by atoms with Crippen LogP contribution in [0.3, 0.4) is 0 Å². The van der Waals surface area contributed by atoms with Gasteiger partial charge in [-0.25, -0.2) is 8.42 Å². The van der Waals surface area contributed by atoms with E-state index in [0.717, 1.165) is 4.31 Å². The summed E-state index contributed by atoms with van der Waals surface area (Å²) in [6.07, 6.45) is 0. The van der Waals surface area contributed by atoms with E-state index in [1.807, 2.05) is 30.3 Å². The number of benzene rings is 3. The van der Waals surface area contributed by atoms with Crippen LogP contribution in [0.5, 0.6) is 0 Å². The summed E-state index contributed by atoms with van der Waals surface area (Å²) >= 11 is 6.16. The Morgan fingerprint density at radius 3 is 2.33 bits per heavy atom. The molecule has 0 radical (unpaired) electrons. The van der Waals surface area contributed by atoms with Crippen LogP contribution in [0, 0.1) is 6.92 Å². The van der Waals surface area contributed by atoms with E-state index in [-0.39, 0.29) is 4.91 Å². The maximum Gasteiger partial charge on any atom is 0.270 e. The zero-order valence-corrected chi connectivity index (χ0v) is 18.0. The minimum atomic E-state index is -4.09. The molecule has 1 heterocycles. The average molecular weight is 439 g/mol. The van der Waals surface area contributed by atoms with E-state index in [9.17, 15) is 13.2 Å². The zero-order valence-electron chi connectivity index (χ0n) is 16.4. The fourth-order valence-electron chi connectivity index (χ4n) is 3.52. The number of fused-ring (bicyclic) bond motifs is 1. The lowest BCUT2D eigenvalue weighted by Gasteiger charge is -2.31. The Bertz CT molecular complexity index is 1280. The van der Waals surface area contributed by atoms with Crippen LogP contribution in [0.2, 0.25) is 5.02 Å². The minimum absolute atomic E-state index is 0.297. The van der Waals surface area contributed by atoms with Crippen LogP contribution in [0.4, 0.5) is 11.4 Å². The topological polar surface area (TPSA) is 66.5 Å². The smallest absolute Gasteiger partial charge is 0.270 e. The molecule has 0 aromatic heterocycles. The Labute approximate surface area is 180 Å². The van der Waals surface area contributed by atoms with Crippen molar-refractivity contribution in [2.24, 2.45) is 0 Å². The van der Waals surface area contributed by atoms with Crippen molar-refractivity contribution in [2.75, 3.05) is 16.7 Å². The van der Waals surface area contributed by atoms with Crippen molar-refractivity contribution in [1.29, 1.82) is 0 Å². The van der Waals surface area contributed by atoms with Gasteiger partial charge in [0.15, 0.2) is 4.91 Å². The van der Waals surface area contributed by atoms with Crippen molar-refractivity contribution in [3.05, 3.63) is 99.4 Å². The standard InChI is InChI=1S/C23H19ClN2O3S/c1-15-18(24)12-8-13-19(15)25-23(27)22-21(16-9-4-3-5-10-16)17-11-6-7-14-20(17)26(2)30(22,28)29/h3-14H,1-2H3,(H,25,27). The monoisotopic (exact) mass is 438 g/mol. The Balaban J connectivity index is 1.98. The Kier molecular flexibility index (Phi) is 5.13. The summed E-state index contributed by atoms with van der Waals surface area (Å²) < 4.78 is 28.0. The third-order valence-electron chi connectivity index (χ3n) is 5.14. The summed E-state index contributed by atoms with van der Waals surface area (Å²) in [4.78, 5) is 13.1. The second-order valence-electron chi connectivity index (χ2n) is 6.93. The first-order valence-electron chi connectivity index (χ1n) is 9.27. The van der Waals surface area contributed by atoms with E-state index in [0.29, 0.717) is 38.7 Å². The van der Waals surface area contributed by atoms with Crippen molar-refractivity contribution in [3.8, 4) is 0 Å². The van der Waals surface area contributed by atoms with Gasteiger partial charge in [-0.2, -0.15) is 0 Å². The molecule has 0 aliphatic carbocycles. The van der Waals surface area contributed by atoms with Crippen molar-refractivity contribution >= 4 is 44.5 Å². The number of sulfonamides is 1. The summed E-state index contributed by atoms with van der Waals surface area (Å²) in [6, 6.07) is 21.3. The normalized spacial score (nSPS) is 15.0. The second-order valence-corrected chi connectivity index (χ2v) is 9.24. The van der Waals surface area contributed by atoms with Gasteiger partial charge >= 0.3 is 0 Å². The lowest BCUT2D eigenvalue weighted by atomic mass is 9.95. The van der Waals surface area contributed by atoms with Crippen molar-refractivity contribution in [1.82, 2.24) is 0 Å². The van der Waals surface area contributed by atoms with Crippen LogP contribution in [0.1, 0.15) is 16.7 Å². The lowest BCUT2D eigenvalue weighted by molar-refractivity contribution is -0.112. The number of rotatable bonds is 3. The first-order chi connectivity index (χ1) is 14.3. The third-order valence-corrected chi connectivity index (χ3v) is 7.38. The first kappa shape index (κ1) is 20.2. The van der Waals surface area contributed by atoms with E-state index >= 15 is 0 Å². The largest absolute Gasteiger partial charge is 0.321 e. The molecule has 1 aliphatic heterocycles. The quantitative estimate of drug-likeness (QED) is 0.637. The van der Waals surface area contributed by atoms with Gasteiger partial charge in [-0.1, -0.05) is 66.2 Å². The molecule has 1 aliphatic rings. The van der Waals surface area contributed by atoms with Crippen LogP contribution >= 0.6 is 11.6 Å². The number of hydrogen-bond donors (Lipinski definition) is 1. The molecule has 3 aromatic carbocycles. The fourth-order valence-corrected chi connectivity index (χ4v) is 5.16. The molecule has 0 fully saturated rings. The summed E-state index contributed by atoms with van der Waals surface area (Å²) in [5, 5.41) is 3.23. The number of nitrogens with zero attached hydrogens (tertiary/aromatic N) is 1. The summed E-state index contributed by atoms with van der Waals surface area (Å²) in [5.41, 5.74) is 3.34. The maximum atomic E-state index is 13.4. The van der Waals surface area contributed by atoms with E-state index in [2.05, 4.69) is 5.32 Å². The van der Waals surface area contributed by atoms with E-state index < -0.39 is 15.9 Å². The number of nitrogens with one attached hydrogen (secondary N) is 1. The molecular formula is C23H19ClN2O3S. The van der Waals surface area contributed by atoms with Gasteiger partial charge in [-0.3, -0.25) is 9.10 Å². The molecule has 152 valence electrons. The molecule has 1 amide bonds. The van der Waals surface area contributed by atoms with Gasteiger partial charge in [-0.05, 0) is 36.2 Å². The van der Waals surface area contributed by atoms with E-state index in [4.69, 9.17) is 11.6 Å². The summed E-state index contributed by atoms with van der Waals surface area (Å²) in [7, 11) is -2.64. The van der Waals surface area contributed by atoms with E-state index in [1.54, 1.807) is 49.4 Å². The molecule has 5 nitrogen and oxygen atoms in total. The highest BCUT2D eigenvalue weighted by molar-refractivity contribution is 7.97. The first-order valence-corrected chi connectivity index (χ1v) is 11.1. The number of carbonyl (C=O) groups excluding carboxylic acids is 1. The highest BCUT2D eigenvalue weighted by Gasteiger charge is 2.39. The van der Waals surface area contributed by atoms with Gasteiger partial charge in [0.2, 0.25) is 0 Å². The van der Waals surface area contributed by atoms with Crippen molar-refractivity contribution < 1.29 is 13.2 Å². The van der Waals surface area contributed by atoms with Crippen molar-refractivity contribution in [2.45, 2.75) is 6.92 Å². The number of para-hydroxylation sites is 1. The molecule has 30 heavy (non-hydrogen) atoms.